The van der Waals surface area contributed by atoms with E-state index in [2.05, 4.69) is 41.6 Å². The van der Waals surface area contributed by atoms with Crippen LogP contribution < -0.4 is 10.7 Å². The Bertz CT molecular complexity index is 1100. The minimum Gasteiger partial charge on any atom is -0.322 e. The van der Waals surface area contributed by atoms with Crippen molar-refractivity contribution in [3.05, 3.63) is 95.3 Å². The van der Waals surface area contributed by atoms with Gasteiger partial charge in [-0.05, 0) is 59.9 Å². The molecule has 0 unspecified atom stereocenters. The Morgan fingerprint density at radius 1 is 0.871 bits per heavy atom. The van der Waals surface area contributed by atoms with Gasteiger partial charge in [0.1, 0.15) is 0 Å². The predicted octanol–water partition coefficient (Wildman–Crippen LogP) is 4.79. The van der Waals surface area contributed by atoms with E-state index >= 15 is 0 Å². The molecule has 0 fully saturated rings. The zero-order chi connectivity index (χ0) is 22.4. The molecule has 2 aromatic carbocycles. The third kappa shape index (κ3) is 5.85. The summed E-state index contributed by atoms with van der Waals surface area (Å²) in [6.07, 6.45) is 3.08. The fourth-order valence-electron chi connectivity index (χ4n) is 2.91. The highest BCUT2D eigenvalue weighted by Crippen LogP contribution is 2.22. The molecule has 0 bridgehead atoms. The van der Waals surface area contributed by atoms with Gasteiger partial charge in [-0.15, -0.1) is 0 Å². The lowest BCUT2D eigenvalue weighted by molar-refractivity contribution is 0.0953. The normalized spacial score (nSPS) is 11.7. The van der Waals surface area contributed by atoms with Crippen molar-refractivity contribution in [2.75, 3.05) is 5.32 Å². The Morgan fingerprint density at radius 3 is 2.23 bits per heavy atom. The van der Waals surface area contributed by atoms with Crippen LogP contribution in [0.15, 0.2) is 78.2 Å². The number of carbonyl (C=O) groups excluding carboxylic acids is 2. The Kier molecular flexibility index (Phi) is 6.60. The summed E-state index contributed by atoms with van der Waals surface area (Å²) in [4.78, 5) is 28.7. The second-order valence-electron chi connectivity index (χ2n) is 8.24. The molecule has 158 valence electrons. The summed E-state index contributed by atoms with van der Waals surface area (Å²) in [6, 6.07) is 18.3. The maximum atomic E-state index is 12.6. The van der Waals surface area contributed by atoms with E-state index < -0.39 is 0 Å². The number of hydrogen-bond acceptors (Lipinski definition) is 4. The van der Waals surface area contributed by atoms with Crippen molar-refractivity contribution in [3.63, 3.8) is 0 Å². The van der Waals surface area contributed by atoms with Crippen LogP contribution in [0.25, 0.3) is 0 Å². The van der Waals surface area contributed by atoms with Crippen LogP contribution in [0.2, 0.25) is 0 Å². The zero-order valence-corrected chi connectivity index (χ0v) is 18.1. The summed E-state index contributed by atoms with van der Waals surface area (Å²) in [7, 11) is 0. The number of hydrogen-bond donors (Lipinski definition) is 2. The second kappa shape index (κ2) is 9.34. The lowest BCUT2D eigenvalue weighted by Crippen LogP contribution is -2.19. The van der Waals surface area contributed by atoms with Crippen molar-refractivity contribution in [2.45, 2.75) is 33.1 Å². The molecule has 0 aliphatic rings. The Hall–Kier alpha value is -3.80. The maximum absolute atomic E-state index is 12.6. The average Bonchev–Trinajstić information content (AvgIpc) is 2.77. The van der Waals surface area contributed by atoms with Crippen molar-refractivity contribution in [1.29, 1.82) is 0 Å². The molecule has 0 saturated heterocycles. The number of aromatic nitrogens is 1. The fourth-order valence-corrected chi connectivity index (χ4v) is 2.91. The van der Waals surface area contributed by atoms with Crippen LogP contribution in [0.5, 0.6) is 0 Å². The van der Waals surface area contributed by atoms with Gasteiger partial charge in [0.15, 0.2) is 0 Å². The number of nitrogens with one attached hydrogen (secondary N) is 2. The molecule has 0 saturated carbocycles. The lowest BCUT2D eigenvalue weighted by atomic mass is 9.87. The highest BCUT2D eigenvalue weighted by atomic mass is 16.2. The first-order valence-corrected chi connectivity index (χ1v) is 10.0. The molecule has 2 N–H and O–H groups in total. The van der Waals surface area contributed by atoms with Crippen molar-refractivity contribution in [3.8, 4) is 0 Å². The zero-order valence-electron chi connectivity index (χ0n) is 18.1. The summed E-state index contributed by atoms with van der Waals surface area (Å²) < 4.78 is 0. The van der Waals surface area contributed by atoms with E-state index in [0.717, 1.165) is 5.56 Å². The summed E-state index contributed by atoms with van der Waals surface area (Å²) in [5.74, 6) is -0.521. The van der Waals surface area contributed by atoms with Crippen LogP contribution in [0.4, 0.5) is 5.69 Å². The monoisotopic (exact) mass is 414 g/mol. The van der Waals surface area contributed by atoms with Crippen LogP contribution in [-0.4, -0.2) is 22.5 Å². The largest absolute Gasteiger partial charge is 0.322 e. The summed E-state index contributed by atoms with van der Waals surface area (Å²) in [6.45, 7) is 8.19. The fraction of sp³-hybridized carbons (Fsp3) is 0.200. The summed E-state index contributed by atoms with van der Waals surface area (Å²) >= 11 is 0. The molecule has 1 heterocycles. The van der Waals surface area contributed by atoms with Gasteiger partial charge in [-0.3, -0.25) is 14.6 Å². The average molecular weight is 415 g/mol. The number of rotatable bonds is 5. The third-order valence-electron chi connectivity index (χ3n) is 4.80. The van der Waals surface area contributed by atoms with Crippen molar-refractivity contribution >= 4 is 23.2 Å². The summed E-state index contributed by atoms with van der Waals surface area (Å²) in [5.41, 5.74) is 6.79. The topological polar surface area (TPSA) is 83.4 Å². The molecular formula is C25H26N4O2. The number of amides is 2. The number of benzene rings is 2. The van der Waals surface area contributed by atoms with Crippen LogP contribution in [0.1, 0.15) is 59.5 Å². The molecular weight excluding hydrogens is 388 g/mol. The first-order chi connectivity index (χ1) is 14.7. The molecule has 0 aliphatic heterocycles. The summed E-state index contributed by atoms with van der Waals surface area (Å²) in [5, 5.41) is 7.07. The van der Waals surface area contributed by atoms with Crippen molar-refractivity contribution in [2.24, 2.45) is 5.10 Å². The van der Waals surface area contributed by atoms with E-state index in [9.17, 15) is 9.59 Å². The van der Waals surface area contributed by atoms with Gasteiger partial charge in [0, 0.05) is 23.6 Å². The number of carbonyl (C=O) groups is 2. The molecule has 3 aromatic rings. The first-order valence-electron chi connectivity index (χ1n) is 10.0. The Labute approximate surface area is 182 Å². The van der Waals surface area contributed by atoms with Gasteiger partial charge in [0.05, 0.1) is 11.3 Å². The van der Waals surface area contributed by atoms with E-state index in [4.69, 9.17) is 0 Å². The molecule has 6 heteroatoms. The number of nitrogens with zero attached hydrogens (tertiary/aromatic N) is 2. The molecule has 0 spiro atoms. The highest BCUT2D eigenvalue weighted by molar-refractivity contribution is 6.06. The van der Waals surface area contributed by atoms with Gasteiger partial charge in [-0.1, -0.05) is 45.0 Å². The molecule has 31 heavy (non-hydrogen) atoms. The van der Waals surface area contributed by atoms with Crippen LogP contribution in [-0.2, 0) is 5.41 Å². The van der Waals surface area contributed by atoms with Gasteiger partial charge in [0.25, 0.3) is 11.8 Å². The van der Waals surface area contributed by atoms with Crippen LogP contribution in [0, 0.1) is 0 Å². The number of pyridine rings is 1. The second-order valence-corrected chi connectivity index (χ2v) is 8.24. The Balaban J connectivity index is 1.68. The van der Waals surface area contributed by atoms with Gasteiger partial charge < -0.3 is 5.32 Å². The molecule has 1 aromatic heterocycles. The van der Waals surface area contributed by atoms with Crippen molar-refractivity contribution in [1.82, 2.24) is 10.4 Å². The van der Waals surface area contributed by atoms with E-state index in [0.29, 0.717) is 22.5 Å². The van der Waals surface area contributed by atoms with E-state index in [1.54, 1.807) is 25.3 Å². The van der Waals surface area contributed by atoms with Gasteiger partial charge in [0.2, 0.25) is 0 Å². The molecule has 2 amide bonds. The van der Waals surface area contributed by atoms with E-state index in [1.165, 1.54) is 11.8 Å². The molecule has 0 radical (unpaired) electrons. The first kappa shape index (κ1) is 21.9. The molecule has 3 rings (SSSR count). The minimum absolute atomic E-state index is 0.0344. The van der Waals surface area contributed by atoms with Gasteiger partial charge >= 0.3 is 0 Å². The van der Waals surface area contributed by atoms with Crippen LogP contribution >= 0.6 is 0 Å². The number of hydrazone groups is 1. The predicted molar refractivity (Wildman–Crippen MR) is 123 cm³/mol. The third-order valence-corrected chi connectivity index (χ3v) is 4.80. The quantitative estimate of drug-likeness (QED) is 0.465. The SMILES string of the molecule is C/C(=N/NC(=O)c1cccnc1)c1cccc(NC(=O)c2ccc(C(C)(C)C)cc2)c1. The van der Waals surface area contributed by atoms with Gasteiger partial charge in [-0.2, -0.15) is 5.10 Å². The highest BCUT2D eigenvalue weighted by Gasteiger charge is 2.14. The number of anilines is 1. The maximum Gasteiger partial charge on any atom is 0.272 e. The standard InChI is InChI=1S/C25H26N4O2/c1-17(28-29-24(31)20-8-6-14-26-16-20)19-7-5-9-22(15-19)27-23(30)18-10-12-21(13-11-18)25(2,3)4/h5-16H,1-4H3,(H,27,30)(H,29,31)/b28-17-. The molecule has 6 nitrogen and oxygen atoms in total. The Morgan fingerprint density at radius 2 is 1.58 bits per heavy atom. The minimum atomic E-state index is -0.337. The van der Waals surface area contributed by atoms with Gasteiger partial charge in [-0.25, -0.2) is 5.43 Å². The van der Waals surface area contributed by atoms with Crippen LogP contribution in [0.3, 0.4) is 0 Å². The van der Waals surface area contributed by atoms with Crippen molar-refractivity contribution < 1.29 is 9.59 Å². The van der Waals surface area contributed by atoms with E-state index in [-0.39, 0.29) is 17.2 Å². The lowest BCUT2D eigenvalue weighted by Gasteiger charge is -2.19. The van der Waals surface area contributed by atoms with E-state index in [1.807, 2.05) is 48.5 Å². The smallest absolute Gasteiger partial charge is 0.272 e. The molecule has 0 aliphatic carbocycles. The molecule has 0 atom stereocenters.